The molecule has 0 aromatic heterocycles. The van der Waals surface area contributed by atoms with Crippen LogP contribution in [0.15, 0.2) is 0 Å². The first-order valence-corrected chi connectivity index (χ1v) is 14.6. The number of nitrogens with one attached hydrogen (secondary N) is 4. The van der Waals surface area contributed by atoms with Gasteiger partial charge in [-0.3, -0.25) is 23.4 Å². The van der Waals surface area contributed by atoms with Gasteiger partial charge in [-0.05, 0) is 59.3 Å². The van der Waals surface area contributed by atoms with Crippen molar-refractivity contribution in [2.45, 2.75) is 101 Å². The zero-order valence-electron chi connectivity index (χ0n) is 22.2. The minimum Gasteiger partial charge on any atom is -0.347 e. The van der Waals surface area contributed by atoms with E-state index in [0.717, 1.165) is 44.9 Å². The van der Waals surface area contributed by atoms with Crippen LogP contribution in [0.4, 0.5) is 4.79 Å². The van der Waals surface area contributed by atoms with Gasteiger partial charge in [0, 0.05) is 33.9 Å². The molecule has 2 saturated carbocycles. The molecule has 3 fully saturated rings. The molecule has 2 unspecified atom stereocenters. The van der Waals surface area contributed by atoms with Gasteiger partial charge in [-0.1, -0.05) is 19.3 Å². The molecule has 37 heavy (non-hydrogen) atoms. The average molecular weight is 540 g/mol. The lowest BCUT2D eigenvalue weighted by Gasteiger charge is -2.39. The molecule has 12 heteroatoms. The quantitative estimate of drug-likeness (QED) is 0.296. The van der Waals surface area contributed by atoms with Crippen molar-refractivity contribution in [2.24, 2.45) is 0 Å². The first-order chi connectivity index (χ1) is 17.4. The number of hydrogen-bond acceptors (Lipinski definition) is 6. The molecule has 0 radical (unpaired) electrons. The molecular formula is C25H41N5O6S. The van der Waals surface area contributed by atoms with Crippen molar-refractivity contribution in [1.82, 2.24) is 26.2 Å². The van der Waals surface area contributed by atoms with Gasteiger partial charge < -0.3 is 26.2 Å². The maximum atomic E-state index is 12.8. The van der Waals surface area contributed by atoms with Crippen LogP contribution < -0.4 is 21.3 Å². The Morgan fingerprint density at radius 1 is 0.919 bits per heavy atom. The number of carbonyl (C=O) groups is 5. The Bertz CT molecular complexity index is 923. The number of hydrogen-bond donors (Lipinski definition) is 4. The third-order valence-electron chi connectivity index (χ3n) is 7.14. The Labute approximate surface area is 221 Å². The molecule has 1 saturated heterocycles. The molecule has 0 spiro atoms. The van der Waals surface area contributed by atoms with Crippen molar-refractivity contribution < 1.29 is 28.2 Å². The molecule has 11 nitrogen and oxygen atoms in total. The molecule has 1 aliphatic heterocycles. The average Bonchev–Trinajstić information content (AvgIpc) is 3.51. The highest BCUT2D eigenvalue weighted by Gasteiger charge is 2.39. The topological polar surface area (TPSA) is 154 Å². The molecule has 0 aromatic carbocycles. The molecule has 5 amide bonds. The molecule has 1 heterocycles. The van der Waals surface area contributed by atoms with Crippen molar-refractivity contribution in [1.29, 1.82) is 0 Å². The summed E-state index contributed by atoms with van der Waals surface area (Å²) in [6, 6.07) is -1.20. The SMILES string of the molecule is CC(C)(C)S(=O)CC1(NC(=O)NCC(=O)N2CCCC2C(=O)NCC(=O)C(=O)NC2CC2)CCCCC1. The monoisotopic (exact) mass is 539 g/mol. The van der Waals surface area contributed by atoms with Crippen LogP contribution in [0, 0.1) is 0 Å². The summed E-state index contributed by atoms with van der Waals surface area (Å²) in [5.74, 6) is -1.96. The van der Waals surface area contributed by atoms with Crippen LogP contribution in [-0.4, -0.2) is 86.4 Å². The minimum absolute atomic E-state index is 0.0495. The third kappa shape index (κ3) is 8.51. The molecule has 0 bridgehead atoms. The number of carbonyl (C=O) groups excluding carboxylic acids is 5. The fourth-order valence-corrected chi connectivity index (χ4v) is 6.04. The number of amides is 5. The molecule has 0 aromatic rings. The molecule has 208 valence electrons. The van der Waals surface area contributed by atoms with E-state index in [9.17, 15) is 28.2 Å². The van der Waals surface area contributed by atoms with Gasteiger partial charge >= 0.3 is 6.03 Å². The van der Waals surface area contributed by atoms with E-state index < -0.39 is 63.2 Å². The summed E-state index contributed by atoms with van der Waals surface area (Å²) in [6.07, 6.45) is 7.19. The van der Waals surface area contributed by atoms with E-state index in [4.69, 9.17) is 0 Å². The summed E-state index contributed by atoms with van der Waals surface area (Å²) in [7, 11) is -1.14. The Hall–Kier alpha value is -2.50. The van der Waals surface area contributed by atoms with Gasteiger partial charge in [0.2, 0.25) is 17.6 Å². The van der Waals surface area contributed by atoms with Crippen LogP contribution in [-0.2, 0) is 30.0 Å². The zero-order valence-corrected chi connectivity index (χ0v) is 23.0. The number of ketones is 1. The maximum absolute atomic E-state index is 12.8. The van der Waals surface area contributed by atoms with E-state index in [1.54, 1.807) is 0 Å². The lowest BCUT2D eigenvalue weighted by atomic mass is 9.83. The second-order valence-electron chi connectivity index (χ2n) is 11.4. The van der Waals surface area contributed by atoms with Crippen molar-refractivity contribution in [3.8, 4) is 0 Å². The van der Waals surface area contributed by atoms with Gasteiger partial charge in [-0.25, -0.2) is 4.79 Å². The fourth-order valence-electron chi connectivity index (χ4n) is 4.74. The smallest absolute Gasteiger partial charge is 0.315 e. The maximum Gasteiger partial charge on any atom is 0.315 e. The zero-order chi connectivity index (χ0) is 27.2. The van der Waals surface area contributed by atoms with Crippen molar-refractivity contribution >= 4 is 40.3 Å². The van der Waals surface area contributed by atoms with E-state index in [1.807, 2.05) is 20.8 Å². The number of Topliss-reactive ketones (excluding diaryl/α,β-unsaturated/α-hetero) is 1. The first-order valence-electron chi connectivity index (χ1n) is 13.3. The predicted molar refractivity (Wildman–Crippen MR) is 139 cm³/mol. The van der Waals surface area contributed by atoms with Crippen LogP contribution in [0.1, 0.15) is 78.6 Å². The normalized spacial score (nSPS) is 22.0. The lowest BCUT2D eigenvalue weighted by Crippen LogP contribution is -2.58. The second-order valence-corrected chi connectivity index (χ2v) is 13.6. The second kappa shape index (κ2) is 12.4. The van der Waals surface area contributed by atoms with Gasteiger partial charge in [-0.15, -0.1) is 0 Å². The Balaban J connectivity index is 1.48. The van der Waals surface area contributed by atoms with E-state index in [-0.39, 0.29) is 12.6 Å². The summed E-state index contributed by atoms with van der Waals surface area (Å²) in [5.41, 5.74) is -0.572. The Morgan fingerprint density at radius 2 is 1.59 bits per heavy atom. The Morgan fingerprint density at radius 3 is 2.22 bits per heavy atom. The first kappa shape index (κ1) is 29.1. The highest BCUT2D eigenvalue weighted by Crippen LogP contribution is 2.31. The van der Waals surface area contributed by atoms with Gasteiger partial charge in [0.1, 0.15) is 6.04 Å². The molecule has 2 atom stereocenters. The molecule has 3 aliphatic rings. The summed E-state index contributed by atoms with van der Waals surface area (Å²) >= 11 is 0. The van der Waals surface area contributed by atoms with E-state index in [1.165, 1.54) is 4.90 Å². The minimum atomic E-state index is -1.14. The predicted octanol–water partition coefficient (Wildman–Crippen LogP) is 0.491. The number of likely N-dealkylation sites (tertiary alicyclic amines) is 1. The van der Waals surface area contributed by atoms with Gasteiger partial charge in [0.15, 0.2) is 0 Å². The highest BCUT2D eigenvalue weighted by molar-refractivity contribution is 7.86. The van der Waals surface area contributed by atoms with Crippen molar-refractivity contribution in [3.05, 3.63) is 0 Å². The largest absolute Gasteiger partial charge is 0.347 e. The van der Waals surface area contributed by atoms with Gasteiger partial charge in [0.05, 0.1) is 18.6 Å². The van der Waals surface area contributed by atoms with E-state index >= 15 is 0 Å². The standard InChI is InChI=1S/C25H41N5O6S/c1-24(2,3)37(36)16-25(11-5-4-6-12-25)29-23(35)27-15-20(32)30-13-7-8-18(30)21(33)26-14-19(31)22(34)28-17-9-10-17/h17-18H,4-16H2,1-3H3,(H,26,33)(H,28,34)(H2,27,29,35). The van der Waals surface area contributed by atoms with E-state index in [2.05, 4.69) is 21.3 Å². The van der Waals surface area contributed by atoms with Crippen LogP contribution in [0.25, 0.3) is 0 Å². The molecule has 2 aliphatic carbocycles. The van der Waals surface area contributed by atoms with Gasteiger partial charge in [0.25, 0.3) is 5.91 Å². The highest BCUT2D eigenvalue weighted by atomic mass is 32.2. The van der Waals surface area contributed by atoms with Crippen LogP contribution in [0.3, 0.4) is 0 Å². The molecule has 4 N–H and O–H groups in total. The summed E-state index contributed by atoms with van der Waals surface area (Å²) in [5, 5.41) is 10.7. The summed E-state index contributed by atoms with van der Waals surface area (Å²) < 4.78 is 12.4. The van der Waals surface area contributed by atoms with Crippen molar-refractivity contribution in [2.75, 3.05) is 25.4 Å². The fraction of sp³-hybridized carbons (Fsp3) is 0.800. The number of nitrogens with zero attached hydrogens (tertiary/aromatic N) is 1. The van der Waals surface area contributed by atoms with Crippen LogP contribution in [0.5, 0.6) is 0 Å². The third-order valence-corrected chi connectivity index (χ3v) is 9.33. The van der Waals surface area contributed by atoms with Gasteiger partial charge in [-0.2, -0.15) is 0 Å². The van der Waals surface area contributed by atoms with Crippen LogP contribution in [0.2, 0.25) is 0 Å². The van der Waals surface area contributed by atoms with Crippen LogP contribution >= 0.6 is 0 Å². The number of rotatable bonds is 10. The molecular weight excluding hydrogens is 498 g/mol. The number of urea groups is 1. The summed E-state index contributed by atoms with van der Waals surface area (Å²) in [4.78, 5) is 63.4. The van der Waals surface area contributed by atoms with Crippen molar-refractivity contribution in [3.63, 3.8) is 0 Å². The Kier molecular flexibility index (Phi) is 9.71. The van der Waals surface area contributed by atoms with E-state index in [0.29, 0.717) is 25.1 Å². The lowest BCUT2D eigenvalue weighted by molar-refractivity contribution is -0.140. The molecule has 3 rings (SSSR count). The summed E-state index contributed by atoms with van der Waals surface area (Å²) in [6.45, 7) is 5.41.